The van der Waals surface area contributed by atoms with Crippen molar-refractivity contribution in [3.8, 4) is 17.2 Å². The van der Waals surface area contributed by atoms with E-state index in [2.05, 4.69) is 185 Å². The van der Waals surface area contributed by atoms with Gasteiger partial charge >= 0.3 is 0 Å². The molecule has 0 saturated heterocycles. The fourth-order valence-electron chi connectivity index (χ4n) is 4.81. The third-order valence-electron chi connectivity index (χ3n) is 11.0. The van der Waals surface area contributed by atoms with Gasteiger partial charge in [-0.15, -0.1) is 0 Å². The van der Waals surface area contributed by atoms with Gasteiger partial charge < -0.3 is 13.3 Å². The number of rotatable bonds is 12. The van der Waals surface area contributed by atoms with E-state index in [0.717, 1.165) is 36.5 Å². The molecule has 0 heterocycles. The summed E-state index contributed by atoms with van der Waals surface area (Å²) in [6, 6.07) is 25.9. The van der Waals surface area contributed by atoms with Gasteiger partial charge in [0.1, 0.15) is 17.2 Å². The van der Waals surface area contributed by atoms with E-state index in [1.165, 1.54) is 16.7 Å². The maximum absolute atomic E-state index is 6.98. The van der Waals surface area contributed by atoms with Crippen molar-refractivity contribution < 1.29 is 13.3 Å². The minimum absolute atomic E-state index is 0.102. The molecular formula is C40H63O3Si4. The van der Waals surface area contributed by atoms with Crippen LogP contribution in [0.15, 0.2) is 72.8 Å². The van der Waals surface area contributed by atoms with Crippen LogP contribution in [-0.4, -0.2) is 35.2 Å². The van der Waals surface area contributed by atoms with Crippen LogP contribution in [0.1, 0.15) is 79.0 Å². The number of benzene rings is 3. The Hall–Kier alpha value is -2.07. The van der Waals surface area contributed by atoms with Gasteiger partial charge in [-0.3, -0.25) is 0 Å². The molecule has 257 valence electrons. The molecule has 0 N–H and O–H groups in total. The van der Waals surface area contributed by atoms with Crippen LogP contribution in [0.3, 0.4) is 0 Å². The first-order valence-electron chi connectivity index (χ1n) is 17.3. The summed E-state index contributed by atoms with van der Waals surface area (Å²) in [6.07, 6.45) is 2.37. The van der Waals surface area contributed by atoms with Gasteiger partial charge in [0.15, 0.2) is 0 Å². The van der Waals surface area contributed by atoms with Gasteiger partial charge in [-0.05, 0) is 114 Å². The summed E-state index contributed by atoms with van der Waals surface area (Å²) in [5, 5.41) is -0.0334. The summed E-state index contributed by atoms with van der Waals surface area (Å²) < 4.78 is 20.9. The second kappa shape index (κ2) is 14.0. The quantitative estimate of drug-likeness (QED) is 0.176. The fourth-order valence-corrected chi connectivity index (χ4v) is 8.55. The van der Waals surface area contributed by atoms with E-state index < -0.39 is 25.0 Å². The van der Waals surface area contributed by atoms with Gasteiger partial charge in [0.05, 0.1) is 0 Å². The summed E-state index contributed by atoms with van der Waals surface area (Å²) in [6.45, 7) is 34.7. The van der Waals surface area contributed by atoms with Crippen LogP contribution in [0.25, 0.3) is 0 Å². The Morgan fingerprint density at radius 1 is 0.426 bits per heavy atom. The Balaban J connectivity index is 2.14. The molecule has 0 aliphatic heterocycles. The van der Waals surface area contributed by atoms with E-state index in [1.807, 2.05) is 0 Å². The van der Waals surface area contributed by atoms with Crippen molar-refractivity contribution in [3.05, 3.63) is 89.5 Å². The lowest BCUT2D eigenvalue weighted by Gasteiger charge is -2.39. The zero-order valence-corrected chi connectivity index (χ0v) is 36.3. The van der Waals surface area contributed by atoms with Crippen molar-refractivity contribution in [1.82, 2.24) is 0 Å². The van der Waals surface area contributed by atoms with Gasteiger partial charge in [0.2, 0.25) is 25.0 Å². The highest BCUT2D eigenvalue weighted by atomic mass is 28.4. The average molecular weight is 704 g/mol. The Bertz CT molecular complexity index is 1310. The summed E-state index contributed by atoms with van der Waals surface area (Å²) in [7, 11) is -1.67. The predicted octanol–water partition coefficient (Wildman–Crippen LogP) is 12.2. The first-order chi connectivity index (χ1) is 21.3. The van der Waals surface area contributed by atoms with Crippen molar-refractivity contribution in [2.75, 3.05) is 0 Å². The molecule has 0 unspecified atom stereocenters. The zero-order chi connectivity index (χ0) is 35.7. The van der Waals surface area contributed by atoms with Crippen LogP contribution in [0.2, 0.25) is 59.4 Å². The van der Waals surface area contributed by atoms with Gasteiger partial charge in [-0.2, -0.15) is 0 Å². The highest BCUT2D eigenvalue weighted by molar-refractivity contribution is 6.75. The summed E-state index contributed by atoms with van der Waals surface area (Å²) in [5.41, 5.74) is 3.66. The number of hydrogen-bond donors (Lipinski definition) is 0. The van der Waals surface area contributed by atoms with E-state index in [0.29, 0.717) is 0 Å². The fraction of sp³-hybridized carbons (Fsp3) is 0.550. The third kappa shape index (κ3) is 9.99. The van der Waals surface area contributed by atoms with Crippen molar-refractivity contribution in [3.63, 3.8) is 0 Å². The molecule has 0 spiro atoms. The Morgan fingerprint density at radius 3 is 0.851 bits per heavy atom. The lowest BCUT2D eigenvalue weighted by molar-refractivity contribution is 0.458. The largest absolute Gasteiger partial charge is 0.543 e. The molecule has 0 bridgehead atoms. The molecule has 3 nitrogen and oxygen atoms in total. The number of hydrogen-bond acceptors (Lipinski definition) is 3. The van der Waals surface area contributed by atoms with Crippen LogP contribution in [0.4, 0.5) is 0 Å². The molecule has 3 rings (SSSR count). The highest BCUT2D eigenvalue weighted by Crippen LogP contribution is 2.46. The molecule has 3 radical (unpaired) electrons. The molecule has 0 amide bonds. The molecule has 0 aliphatic rings. The second-order valence-electron chi connectivity index (χ2n) is 18.2. The maximum Gasteiger partial charge on any atom is 0.250 e. The van der Waals surface area contributed by atoms with Crippen molar-refractivity contribution in [1.29, 1.82) is 0 Å². The van der Waals surface area contributed by atoms with Gasteiger partial charge in [-0.25, -0.2) is 0 Å². The Labute approximate surface area is 295 Å². The summed E-state index contributed by atoms with van der Waals surface area (Å²) >= 11 is 0. The lowest BCUT2D eigenvalue weighted by atomic mass is 9.85. The SMILES string of the molecule is CC(C)(C)[Si](C)(C)Oc1ccccc1CC([Si])(Cc1ccccc1O[Si](C)(C)C(C)(C)C)Cc1ccccc1O[Si](C)(C)C(C)(C)C. The molecule has 47 heavy (non-hydrogen) atoms. The van der Waals surface area contributed by atoms with Crippen LogP contribution in [0, 0.1) is 0 Å². The van der Waals surface area contributed by atoms with E-state index in [4.69, 9.17) is 13.3 Å². The normalized spacial score (nSPS) is 13.8. The van der Waals surface area contributed by atoms with Gasteiger partial charge in [0.25, 0.3) is 0 Å². The van der Waals surface area contributed by atoms with Crippen molar-refractivity contribution in [2.45, 2.75) is 141 Å². The van der Waals surface area contributed by atoms with E-state index >= 15 is 0 Å². The van der Waals surface area contributed by atoms with E-state index in [-0.39, 0.29) is 20.2 Å². The van der Waals surface area contributed by atoms with Gasteiger partial charge in [0, 0.05) is 10.2 Å². The first-order valence-corrected chi connectivity index (χ1v) is 26.6. The van der Waals surface area contributed by atoms with Gasteiger partial charge in [-0.1, -0.05) is 117 Å². The molecule has 3 aromatic carbocycles. The molecule has 0 aromatic heterocycles. The van der Waals surface area contributed by atoms with Crippen molar-refractivity contribution >= 4 is 35.2 Å². The van der Waals surface area contributed by atoms with Crippen LogP contribution in [-0.2, 0) is 19.3 Å². The third-order valence-corrected chi connectivity index (χ3v) is 24.6. The summed E-state index contributed by atoms with van der Waals surface area (Å²) in [4.78, 5) is 0. The maximum atomic E-state index is 6.98. The first kappa shape index (κ1) is 39.4. The number of para-hydroxylation sites is 3. The van der Waals surface area contributed by atoms with Crippen LogP contribution >= 0.6 is 0 Å². The predicted molar refractivity (Wildman–Crippen MR) is 212 cm³/mol. The summed E-state index contributed by atoms with van der Waals surface area (Å²) in [5.74, 6) is 3.00. The van der Waals surface area contributed by atoms with Crippen molar-refractivity contribution in [2.24, 2.45) is 0 Å². The zero-order valence-electron chi connectivity index (χ0n) is 32.3. The standard InChI is InChI=1S/C40H63O3Si4/c1-37(2,3)45(10,11)41-34-25-19-16-22-31(34)28-40(44,29-32-23-17-20-26-35(32)42-46(12,13)38(4,5)6)30-33-24-18-21-27-36(33)43-47(14,15)39(7,8)9/h16-27H,28-30H2,1-15H3. The molecule has 7 heteroatoms. The minimum Gasteiger partial charge on any atom is -0.543 e. The van der Waals surface area contributed by atoms with E-state index in [9.17, 15) is 0 Å². The molecule has 3 aromatic rings. The topological polar surface area (TPSA) is 27.7 Å². The second-order valence-corrected chi connectivity index (χ2v) is 33.5. The Kier molecular flexibility index (Phi) is 11.8. The highest BCUT2D eigenvalue weighted by Gasteiger charge is 2.42. The molecule has 0 atom stereocenters. The smallest absolute Gasteiger partial charge is 0.250 e. The minimum atomic E-state index is -2.05. The van der Waals surface area contributed by atoms with E-state index in [1.54, 1.807) is 0 Å². The average Bonchev–Trinajstić information content (AvgIpc) is 2.90. The molecule has 0 fully saturated rings. The molecule has 0 saturated carbocycles. The van der Waals surface area contributed by atoms with Crippen LogP contribution < -0.4 is 13.3 Å². The Morgan fingerprint density at radius 2 is 0.638 bits per heavy atom. The van der Waals surface area contributed by atoms with Crippen LogP contribution in [0.5, 0.6) is 17.2 Å². The monoisotopic (exact) mass is 703 g/mol. The lowest BCUT2D eigenvalue weighted by Crippen LogP contribution is -2.44. The molecule has 0 aliphatic carbocycles. The molecular weight excluding hydrogens is 641 g/mol.